The first-order valence-electron chi connectivity index (χ1n) is 3.09. The molecule has 0 spiro atoms. The highest BCUT2D eigenvalue weighted by atomic mass is 35.5. The van der Waals surface area contributed by atoms with E-state index in [-0.39, 0.29) is 6.61 Å². The topological polar surface area (TPSA) is 47.9 Å². The summed E-state index contributed by atoms with van der Waals surface area (Å²) < 4.78 is 4.49. The lowest BCUT2D eigenvalue weighted by molar-refractivity contribution is -0.147. The molecule has 70 valence electrons. The Hall–Kier alpha value is -0.320. The van der Waals surface area contributed by atoms with E-state index in [0.717, 1.165) is 0 Å². The van der Waals surface area contributed by atoms with E-state index < -0.39 is 10.8 Å². The summed E-state index contributed by atoms with van der Waals surface area (Å²) in [7, 11) is 1.38. The van der Waals surface area contributed by atoms with Gasteiger partial charge in [0.05, 0.1) is 5.71 Å². The van der Waals surface area contributed by atoms with Crippen LogP contribution in [0.3, 0.4) is 0 Å². The zero-order chi connectivity index (χ0) is 9.56. The molecule has 0 aromatic carbocycles. The summed E-state index contributed by atoms with van der Waals surface area (Å²) in [6, 6.07) is 0. The van der Waals surface area contributed by atoms with Crippen LogP contribution in [0.25, 0.3) is 0 Å². The molecule has 0 rings (SSSR count). The monoisotopic (exact) mass is 213 g/mol. The molecule has 0 saturated carbocycles. The van der Waals surface area contributed by atoms with Crippen molar-refractivity contribution < 1.29 is 14.4 Å². The minimum Gasteiger partial charge on any atom is -0.373 e. The van der Waals surface area contributed by atoms with Crippen molar-refractivity contribution in [3.8, 4) is 0 Å². The molecule has 0 saturated heterocycles. The number of halogens is 2. The number of hydrogen-bond acceptors (Lipinski definition) is 4. The Morgan fingerprint density at radius 2 is 2.17 bits per heavy atom. The molecule has 0 aromatic rings. The smallest absolute Gasteiger partial charge is 0.360 e. The van der Waals surface area contributed by atoms with Gasteiger partial charge in [-0.3, -0.25) is 0 Å². The van der Waals surface area contributed by atoms with Crippen molar-refractivity contribution in [1.82, 2.24) is 0 Å². The van der Waals surface area contributed by atoms with Crippen LogP contribution in [-0.2, 0) is 14.4 Å². The van der Waals surface area contributed by atoms with Crippen molar-refractivity contribution in [1.29, 1.82) is 0 Å². The average Bonchev–Trinajstić information content (AvgIpc) is 2.00. The van der Waals surface area contributed by atoms with Gasteiger partial charge in [0.25, 0.3) is 0 Å². The number of carbonyl (C=O) groups excluding carboxylic acids is 1. The summed E-state index contributed by atoms with van der Waals surface area (Å²) in [6.45, 7) is 1.40. The summed E-state index contributed by atoms with van der Waals surface area (Å²) in [6.07, 6.45) is 0. The normalized spacial score (nSPS) is 11.9. The molecule has 0 aromatic heterocycles. The van der Waals surface area contributed by atoms with Crippen molar-refractivity contribution in [2.45, 2.75) is 11.8 Å². The van der Waals surface area contributed by atoms with Gasteiger partial charge in [-0.2, -0.15) is 0 Å². The van der Waals surface area contributed by atoms with Crippen LogP contribution in [0.2, 0.25) is 0 Å². The van der Waals surface area contributed by atoms with Gasteiger partial charge in [-0.05, 0) is 6.92 Å². The Labute approximate surface area is 80.4 Å². The molecule has 0 amide bonds. The lowest BCUT2D eigenvalue weighted by Crippen LogP contribution is -2.11. The number of oxime groups is 1. The average molecular weight is 214 g/mol. The lowest BCUT2D eigenvalue weighted by Gasteiger charge is -1.99. The molecule has 6 heteroatoms. The van der Waals surface area contributed by atoms with Gasteiger partial charge in [-0.15, -0.1) is 0 Å². The van der Waals surface area contributed by atoms with Gasteiger partial charge in [-0.25, -0.2) is 4.79 Å². The maximum Gasteiger partial charge on any atom is 0.360 e. The molecule has 0 aliphatic heterocycles. The highest BCUT2D eigenvalue weighted by Gasteiger charge is 2.05. The first-order chi connectivity index (χ1) is 5.57. The maximum absolute atomic E-state index is 10.6. The van der Waals surface area contributed by atoms with Gasteiger partial charge in [0.2, 0.25) is 0 Å². The Balaban J connectivity index is 3.79. The number of alkyl halides is 2. The van der Waals surface area contributed by atoms with Gasteiger partial charge in [0, 0.05) is 7.11 Å². The van der Waals surface area contributed by atoms with E-state index in [0.29, 0.717) is 5.71 Å². The molecule has 0 N–H and O–H groups in total. The van der Waals surface area contributed by atoms with Crippen LogP contribution in [0, 0.1) is 0 Å². The van der Waals surface area contributed by atoms with E-state index in [9.17, 15) is 4.79 Å². The third-order valence-electron chi connectivity index (χ3n) is 0.869. The Kier molecular flexibility index (Phi) is 6.06. The standard InChI is InChI=1S/C6H9Cl2NO3/c1-4(6(7)8)9-12-5(10)3-11-2/h6H,3H2,1-2H3. The molecule has 0 unspecified atom stereocenters. The number of methoxy groups -OCH3 is 1. The first kappa shape index (κ1) is 11.7. The summed E-state index contributed by atoms with van der Waals surface area (Å²) in [5.74, 6) is -0.592. The number of ether oxygens (including phenoxy) is 1. The van der Waals surface area contributed by atoms with E-state index >= 15 is 0 Å². The Morgan fingerprint density at radius 1 is 1.58 bits per heavy atom. The van der Waals surface area contributed by atoms with E-state index in [1.54, 1.807) is 6.92 Å². The van der Waals surface area contributed by atoms with Crippen LogP contribution in [0.15, 0.2) is 5.16 Å². The minimum atomic E-state index is -0.764. The summed E-state index contributed by atoms with van der Waals surface area (Å²) in [5, 5.41) is 3.37. The summed E-state index contributed by atoms with van der Waals surface area (Å²) in [5.41, 5.74) is 0.322. The fraction of sp³-hybridized carbons (Fsp3) is 0.667. The second-order valence-corrected chi connectivity index (χ2v) is 3.03. The predicted molar refractivity (Wildman–Crippen MR) is 46.6 cm³/mol. The van der Waals surface area contributed by atoms with Crippen LogP contribution in [0.5, 0.6) is 0 Å². The fourth-order valence-electron chi connectivity index (χ4n) is 0.307. The summed E-state index contributed by atoms with van der Waals surface area (Å²) >= 11 is 10.8. The van der Waals surface area contributed by atoms with Crippen molar-refractivity contribution in [2.75, 3.05) is 13.7 Å². The second kappa shape index (κ2) is 6.22. The third kappa shape index (κ3) is 5.35. The molecule has 0 fully saturated rings. The van der Waals surface area contributed by atoms with Gasteiger partial charge in [0.15, 0.2) is 0 Å². The quantitative estimate of drug-likeness (QED) is 0.307. The lowest BCUT2D eigenvalue weighted by atomic mass is 10.5. The van der Waals surface area contributed by atoms with Crippen LogP contribution >= 0.6 is 23.2 Å². The van der Waals surface area contributed by atoms with Gasteiger partial charge >= 0.3 is 5.97 Å². The SMILES string of the molecule is COCC(=O)ON=C(C)C(Cl)Cl. The van der Waals surface area contributed by atoms with Crippen molar-refractivity contribution in [2.24, 2.45) is 5.16 Å². The van der Waals surface area contributed by atoms with E-state index in [1.807, 2.05) is 0 Å². The fourth-order valence-corrected chi connectivity index (χ4v) is 0.387. The molecule has 0 heterocycles. The number of rotatable bonds is 4. The Bertz CT molecular complexity index is 182. The largest absolute Gasteiger partial charge is 0.373 e. The van der Waals surface area contributed by atoms with Gasteiger partial charge < -0.3 is 9.57 Å². The van der Waals surface area contributed by atoms with Crippen LogP contribution in [0.1, 0.15) is 6.92 Å². The molecule has 0 bridgehead atoms. The van der Waals surface area contributed by atoms with E-state index in [4.69, 9.17) is 23.2 Å². The minimum absolute atomic E-state index is 0.147. The van der Waals surface area contributed by atoms with E-state index in [2.05, 4.69) is 14.7 Å². The van der Waals surface area contributed by atoms with Crippen LogP contribution in [-0.4, -0.2) is 30.2 Å². The first-order valence-corrected chi connectivity index (χ1v) is 3.96. The summed E-state index contributed by atoms with van der Waals surface area (Å²) in [4.78, 5) is 14.2. The third-order valence-corrected chi connectivity index (χ3v) is 1.50. The zero-order valence-corrected chi connectivity index (χ0v) is 8.22. The van der Waals surface area contributed by atoms with Crippen molar-refractivity contribution in [3.05, 3.63) is 0 Å². The van der Waals surface area contributed by atoms with Gasteiger partial charge in [0.1, 0.15) is 11.4 Å². The van der Waals surface area contributed by atoms with Crippen molar-refractivity contribution >= 4 is 34.9 Å². The van der Waals surface area contributed by atoms with Crippen LogP contribution in [0.4, 0.5) is 0 Å². The van der Waals surface area contributed by atoms with Gasteiger partial charge in [-0.1, -0.05) is 28.4 Å². The molecular formula is C6H9Cl2NO3. The highest BCUT2D eigenvalue weighted by Crippen LogP contribution is 2.04. The molecular weight excluding hydrogens is 205 g/mol. The second-order valence-electron chi connectivity index (χ2n) is 1.93. The number of hydrogen-bond donors (Lipinski definition) is 0. The molecule has 0 radical (unpaired) electrons. The predicted octanol–water partition coefficient (Wildman–Crippen LogP) is 1.36. The van der Waals surface area contributed by atoms with Crippen LogP contribution < -0.4 is 0 Å². The molecule has 0 aliphatic carbocycles. The molecule has 0 aliphatic rings. The van der Waals surface area contributed by atoms with Crippen molar-refractivity contribution in [3.63, 3.8) is 0 Å². The van der Waals surface area contributed by atoms with E-state index in [1.165, 1.54) is 7.11 Å². The number of carbonyl (C=O) groups is 1. The zero-order valence-electron chi connectivity index (χ0n) is 6.71. The molecule has 4 nitrogen and oxygen atoms in total. The molecule has 0 atom stereocenters. The maximum atomic E-state index is 10.6. The molecule has 12 heavy (non-hydrogen) atoms. The highest BCUT2D eigenvalue weighted by molar-refractivity contribution is 6.54. The number of nitrogens with zero attached hydrogens (tertiary/aromatic N) is 1. The Morgan fingerprint density at radius 3 is 2.58 bits per heavy atom.